The maximum Gasteiger partial charge on any atom is 0.328 e. The molecule has 0 aliphatic heterocycles. The first kappa shape index (κ1) is 24.9. The number of carboxylic acids is 1. The normalized spacial score (nSPS) is 14.3. The number of benzene rings is 3. The highest BCUT2D eigenvalue weighted by atomic mass is 32.1. The molecule has 4 aromatic rings. The van der Waals surface area contributed by atoms with Gasteiger partial charge in [0.05, 0.1) is 21.8 Å². The number of rotatable bonds is 7. The third-order valence-corrected chi connectivity index (χ3v) is 7.88. The van der Waals surface area contributed by atoms with Gasteiger partial charge in [-0.05, 0) is 72.4 Å². The largest absolute Gasteiger partial charge is 0.478 e. The van der Waals surface area contributed by atoms with E-state index in [-0.39, 0.29) is 11.8 Å². The lowest BCUT2D eigenvalue weighted by Gasteiger charge is -2.30. The molecule has 0 atom stereocenters. The summed E-state index contributed by atoms with van der Waals surface area (Å²) in [5, 5.41) is 10.1. The Morgan fingerprint density at radius 2 is 1.76 bits per heavy atom. The Morgan fingerprint density at radius 1 is 1.00 bits per heavy atom. The highest BCUT2D eigenvalue weighted by Gasteiger charge is 2.27. The summed E-state index contributed by atoms with van der Waals surface area (Å²) in [7, 11) is 0. The molecule has 3 aromatic carbocycles. The van der Waals surface area contributed by atoms with E-state index in [4.69, 9.17) is 5.11 Å². The van der Waals surface area contributed by atoms with Crippen LogP contribution in [-0.4, -0.2) is 22.0 Å². The number of fused-ring (bicyclic) bond motifs is 1. The average Bonchev–Trinajstić information content (AvgIpc) is 3.30. The Hall–Kier alpha value is -3.77. The Balaban J connectivity index is 1.42. The monoisotopic (exact) mass is 510 g/mol. The van der Waals surface area contributed by atoms with Crippen LogP contribution in [0.5, 0.6) is 0 Å². The second-order valence-corrected chi connectivity index (χ2v) is 10.9. The molecule has 0 bridgehead atoms. The summed E-state index contributed by atoms with van der Waals surface area (Å²) in [5.41, 5.74) is 5.90. The Bertz CT molecular complexity index is 1450. The molecule has 1 N–H and O–H groups in total. The van der Waals surface area contributed by atoms with Crippen molar-refractivity contribution in [3.63, 3.8) is 0 Å². The molecule has 1 aliphatic rings. The maximum absolute atomic E-state index is 13.7. The second kappa shape index (κ2) is 11.1. The summed E-state index contributed by atoms with van der Waals surface area (Å²) in [4.78, 5) is 31.1. The van der Waals surface area contributed by atoms with Crippen LogP contribution in [0.3, 0.4) is 0 Å². The fourth-order valence-electron chi connectivity index (χ4n) is 5.03. The van der Waals surface area contributed by atoms with Crippen LogP contribution >= 0.6 is 11.3 Å². The van der Waals surface area contributed by atoms with Gasteiger partial charge < -0.3 is 10.0 Å². The summed E-state index contributed by atoms with van der Waals surface area (Å²) >= 11 is 1.70. The molecule has 1 aliphatic carbocycles. The first-order valence-corrected chi connectivity index (χ1v) is 13.6. The predicted molar refractivity (Wildman–Crippen MR) is 151 cm³/mol. The fourth-order valence-corrected chi connectivity index (χ4v) is 5.90. The van der Waals surface area contributed by atoms with Crippen molar-refractivity contribution < 1.29 is 14.7 Å². The summed E-state index contributed by atoms with van der Waals surface area (Å²) in [5.74, 6) is -0.819. The zero-order valence-electron chi connectivity index (χ0n) is 20.9. The van der Waals surface area contributed by atoms with E-state index in [0.717, 1.165) is 70.2 Å². The van der Waals surface area contributed by atoms with Crippen molar-refractivity contribution in [1.82, 2.24) is 4.98 Å². The molecule has 0 spiro atoms. The number of carbonyl (C=O) groups excluding carboxylic acids is 1. The van der Waals surface area contributed by atoms with Crippen LogP contribution in [-0.2, 0) is 16.1 Å². The van der Waals surface area contributed by atoms with Gasteiger partial charge in [-0.2, -0.15) is 0 Å². The molecule has 1 fully saturated rings. The summed E-state index contributed by atoms with van der Waals surface area (Å²) in [6, 6.07) is 22.3. The molecular formula is C31H30N2O3S. The highest BCUT2D eigenvalue weighted by molar-refractivity contribution is 7.18. The van der Waals surface area contributed by atoms with E-state index >= 15 is 0 Å². The summed E-state index contributed by atoms with van der Waals surface area (Å²) in [6.07, 6.45) is 7.89. The Kier molecular flexibility index (Phi) is 7.47. The van der Waals surface area contributed by atoms with E-state index in [2.05, 4.69) is 47.4 Å². The molecule has 1 saturated carbocycles. The highest BCUT2D eigenvalue weighted by Crippen LogP contribution is 2.31. The van der Waals surface area contributed by atoms with E-state index in [1.165, 1.54) is 11.1 Å². The van der Waals surface area contributed by atoms with Crippen molar-refractivity contribution in [2.45, 2.75) is 45.6 Å². The molecule has 5 rings (SSSR count). The molecule has 6 heteroatoms. The van der Waals surface area contributed by atoms with E-state index in [9.17, 15) is 9.59 Å². The molecule has 0 saturated heterocycles. The SMILES string of the molecule is Cc1nc2ccc(-c3ccc(CN(C(=O)C4CCCCC4)c4cccc(/C=C/C(=O)O)c4)cc3)cc2s1. The molecule has 5 nitrogen and oxygen atoms in total. The lowest BCUT2D eigenvalue weighted by atomic mass is 9.88. The third kappa shape index (κ3) is 5.97. The van der Waals surface area contributed by atoms with E-state index in [0.29, 0.717) is 6.54 Å². The molecule has 188 valence electrons. The van der Waals surface area contributed by atoms with Crippen LogP contribution in [0.2, 0.25) is 0 Å². The Morgan fingerprint density at radius 3 is 2.51 bits per heavy atom. The van der Waals surface area contributed by atoms with Gasteiger partial charge in [-0.3, -0.25) is 4.79 Å². The van der Waals surface area contributed by atoms with E-state index in [1.807, 2.05) is 36.1 Å². The predicted octanol–water partition coefficient (Wildman–Crippen LogP) is 7.48. The number of thiazole rings is 1. The molecule has 1 aromatic heterocycles. The van der Waals surface area contributed by atoms with E-state index in [1.54, 1.807) is 17.4 Å². The molecule has 0 unspecified atom stereocenters. The van der Waals surface area contributed by atoms with Gasteiger partial charge in [-0.25, -0.2) is 9.78 Å². The average molecular weight is 511 g/mol. The van der Waals surface area contributed by atoms with Gasteiger partial charge in [-0.1, -0.05) is 61.7 Å². The number of amides is 1. The standard InChI is InChI=1S/C31H30N2O3S/c1-21-32-28-16-15-26(19-29(28)37-21)24-13-10-23(11-14-24)20-33(31(36)25-7-3-2-4-8-25)27-9-5-6-22(18-27)12-17-30(34)35/h5-6,9-19,25H,2-4,7-8,20H2,1H3,(H,34,35)/b17-12+. The number of hydrogen-bond acceptors (Lipinski definition) is 4. The van der Waals surface area contributed by atoms with Crippen LogP contribution < -0.4 is 4.90 Å². The van der Waals surface area contributed by atoms with Crippen molar-refractivity contribution in [1.29, 1.82) is 0 Å². The zero-order valence-corrected chi connectivity index (χ0v) is 21.7. The van der Waals surface area contributed by atoms with E-state index < -0.39 is 5.97 Å². The van der Waals surface area contributed by atoms with Crippen LogP contribution in [0, 0.1) is 12.8 Å². The van der Waals surface area contributed by atoms with Crippen LogP contribution in [0.4, 0.5) is 5.69 Å². The Labute approximate surface area is 221 Å². The number of anilines is 1. The van der Waals surface area contributed by atoms with Crippen molar-refractivity contribution in [3.05, 3.63) is 88.9 Å². The zero-order chi connectivity index (χ0) is 25.8. The molecular weight excluding hydrogens is 480 g/mol. The smallest absolute Gasteiger partial charge is 0.328 e. The maximum atomic E-state index is 13.7. The first-order valence-electron chi connectivity index (χ1n) is 12.8. The fraction of sp³-hybridized carbons (Fsp3) is 0.258. The van der Waals surface area contributed by atoms with Gasteiger partial charge in [0.15, 0.2) is 0 Å². The first-order chi connectivity index (χ1) is 18.0. The van der Waals surface area contributed by atoms with Crippen LogP contribution in [0.1, 0.15) is 48.2 Å². The topological polar surface area (TPSA) is 70.5 Å². The number of hydrogen-bond donors (Lipinski definition) is 1. The van der Waals surface area contributed by atoms with Crippen LogP contribution in [0.15, 0.2) is 72.8 Å². The minimum absolute atomic E-state index is 0.0285. The number of nitrogens with zero attached hydrogens (tertiary/aromatic N) is 2. The van der Waals surface area contributed by atoms with Gasteiger partial charge in [0.25, 0.3) is 0 Å². The van der Waals surface area contributed by atoms with Crippen molar-refractivity contribution in [3.8, 4) is 11.1 Å². The second-order valence-electron chi connectivity index (χ2n) is 9.64. The van der Waals surface area contributed by atoms with Crippen molar-refractivity contribution in [2.24, 2.45) is 5.92 Å². The van der Waals surface area contributed by atoms with Crippen LogP contribution in [0.25, 0.3) is 27.4 Å². The minimum atomic E-state index is -0.995. The van der Waals surface area contributed by atoms with Gasteiger partial charge in [0.1, 0.15) is 0 Å². The van der Waals surface area contributed by atoms with Gasteiger partial charge in [-0.15, -0.1) is 11.3 Å². The number of aryl methyl sites for hydroxylation is 1. The molecule has 37 heavy (non-hydrogen) atoms. The van der Waals surface area contributed by atoms with Gasteiger partial charge in [0.2, 0.25) is 5.91 Å². The number of carboxylic acid groups (broad SMARTS) is 1. The number of aliphatic carboxylic acids is 1. The molecule has 1 amide bonds. The summed E-state index contributed by atoms with van der Waals surface area (Å²) < 4.78 is 1.18. The minimum Gasteiger partial charge on any atom is -0.478 e. The van der Waals surface area contributed by atoms with Gasteiger partial charge >= 0.3 is 5.97 Å². The summed E-state index contributed by atoms with van der Waals surface area (Å²) in [6.45, 7) is 2.49. The molecule has 0 radical (unpaired) electrons. The molecule has 1 heterocycles. The number of carbonyl (C=O) groups is 2. The third-order valence-electron chi connectivity index (χ3n) is 6.94. The lowest BCUT2D eigenvalue weighted by molar-refractivity contribution is -0.131. The van der Waals surface area contributed by atoms with Gasteiger partial charge in [0, 0.05) is 17.7 Å². The van der Waals surface area contributed by atoms with Crippen molar-refractivity contribution >= 4 is 45.2 Å². The number of aromatic nitrogens is 1. The quantitative estimate of drug-likeness (QED) is 0.262. The lowest BCUT2D eigenvalue weighted by Crippen LogP contribution is -2.36. The van der Waals surface area contributed by atoms with Crippen molar-refractivity contribution in [2.75, 3.05) is 4.90 Å².